The van der Waals surface area contributed by atoms with E-state index in [-0.39, 0.29) is 11.8 Å². The van der Waals surface area contributed by atoms with Gasteiger partial charge in [0.05, 0.1) is 10.7 Å². The molecule has 1 aromatic carbocycles. The van der Waals surface area contributed by atoms with Crippen molar-refractivity contribution in [3.63, 3.8) is 0 Å². The quantitative estimate of drug-likeness (QED) is 0.764. The van der Waals surface area contributed by atoms with E-state index in [1.807, 2.05) is 36.4 Å². The Morgan fingerprint density at radius 3 is 2.62 bits per heavy atom. The van der Waals surface area contributed by atoms with Gasteiger partial charge >= 0.3 is 0 Å². The Kier molecular flexibility index (Phi) is 6.03. The van der Waals surface area contributed by atoms with E-state index in [0.717, 1.165) is 42.6 Å². The van der Waals surface area contributed by atoms with Gasteiger partial charge in [-0.05, 0) is 43.2 Å². The summed E-state index contributed by atoms with van der Waals surface area (Å²) in [7, 11) is 2.33. The molecule has 1 aliphatic rings. The Hall–Kier alpha value is -1.81. The summed E-state index contributed by atoms with van der Waals surface area (Å²) in [6.45, 7) is 2.33. The number of hydrogen-bond donors (Lipinski definition) is 1. The fourth-order valence-corrected chi connectivity index (χ4v) is 3.97. The molecular weight excluding hydrogens is 343 g/mol. The van der Waals surface area contributed by atoms with Gasteiger partial charge in [-0.1, -0.05) is 55.6 Å². The first-order chi connectivity index (χ1) is 12.4. The summed E-state index contributed by atoms with van der Waals surface area (Å²) in [6.07, 6.45) is 8.30. The highest BCUT2D eigenvalue weighted by Crippen LogP contribution is 2.38. The molecule has 1 fully saturated rings. The topological polar surface area (TPSA) is 42.0 Å². The maximum absolute atomic E-state index is 12.8. The Balaban J connectivity index is 1.70. The SMILES string of the molecule is BC1(C)CCCC(C(=O)Nc2ccc(Cl)c(-c3ccccn3)c2)CCC1. The maximum Gasteiger partial charge on any atom is 0.227 e. The standard InChI is InChI=1S/C21H26BClN2O/c1-21(22)11-4-6-15(7-5-12-21)20(26)25-16-9-10-18(23)17(14-16)19-8-2-3-13-24-19/h2-3,8-10,13-15H,4-7,11-12,22H2,1H3,(H,25,26). The van der Waals surface area contributed by atoms with E-state index in [1.54, 1.807) is 6.20 Å². The molecule has 1 heterocycles. The number of carbonyl (C=O) groups is 1. The number of hydrogen-bond acceptors (Lipinski definition) is 2. The molecule has 1 N–H and O–H groups in total. The highest BCUT2D eigenvalue weighted by atomic mass is 35.5. The number of nitrogens with zero attached hydrogens (tertiary/aromatic N) is 1. The molecule has 2 aromatic rings. The van der Waals surface area contributed by atoms with Crippen LogP contribution in [0.2, 0.25) is 10.3 Å². The van der Waals surface area contributed by atoms with Gasteiger partial charge < -0.3 is 5.32 Å². The molecule has 3 nitrogen and oxygen atoms in total. The lowest BCUT2D eigenvalue weighted by Gasteiger charge is -2.29. The van der Waals surface area contributed by atoms with E-state index in [1.165, 1.54) is 12.8 Å². The van der Waals surface area contributed by atoms with E-state index >= 15 is 0 Å². The summed E-state index contributed by atoms with van der Waals surface area (Å²) in [5.41, 5.74) is 2.42. The van der Waals surface area contributed by atoms with Crippen molar-refractivity contribution < 1.29 is 4.79 Å². The zero-order valence-corrected chi connectivity index (χ0v) is 16.4. The van der Waals surface area contributed by atoms with Crippen LogP contribution < -0.4 is 5.32 Å². The summed E-state index contributed by atoms with van der Waals surface area (Å²) in [5.74, 6) is 0.221. The zero-order valence-electron chi connectivity index (χ0n) is 15.6. The molecule has 0 spiro atoms. The number of carbonyl (C=O) groups excluding carboxylic acids is 1. The van der Waals surface area contributed by atoms with Crippen LogP contribution in [-0.2, 0) is 4.79 Å². The molecule has 3 rings (SSSR count). The van der Waals surface area contributed by atoms with Gasteiger partial charge in [-0.2, -0.15) is 0 Å². The first kappa shape index (κ1) is 19.0. The number of anilines is 1. The van der Waals surface area contributed by atoms with Gasteiger partial charge in [-0.3, -0.25) is 9.78 Å². The number of amides is 1. The molecule has 1 amide bonds. The van der Waals surface area contributed by atoms with Crippen LogP contribution in [0.1, 0.15) is 45.4 Å². The smallest absolute Gasteiger partial charge is 0.227 e. The second-order valence-corrected chi connectivity index (χ2v) is 8.45. The third-order valence-electron chi connectivity index (χ3n) is 5.36. The second-order valence-electron chi connectivity index (χ2n) is 8.04. The molecule has 0 saturated heterocycles. The number of benzene rings is 1. The molecule has 136 valence electrons. The van der Waals surface area contributed by atoms with Crippen LogP contribution in [0.15, 0.2) is 42.6 Å². The molecule has 0 radical (unpaired) electrons. The first-order valence-corrected chi connectivity index (χ1v) is 9.84. The van der Waals surface area contributed by atoms with Gasteiger partial charge in [0.25, 0.3) is 0 Å². The Morgan fingerprint density at radius 1 is 1.23 bits per heavy atom. The minimum Gasteiger partial charge on any atom is -0.326 e. The van der Waals surface area contributed by atoms with Crippen molar-refractivity contribution in [1.82, 2.24) is 4.98 Å². The third-order valence-corrected chi connectivity index (χ3v) is 5.69. The molecule has 1 saturated carbocycles. The van der Waals surface area contributed by atoms with Crippen LogP contribution in [0.4, 0.5) is 5.69 Å². The first-order valence-electron chi connectivity index (χ1n) is 9.46. The Bertz CT molecular complexity index is 752. The summed E-state index contributed by atoms with van der Waals surface area (Å²) in [4.78, 5) is 17.1. The predicted molar refractivity (Wildman–Crippen MR) is 111 cm³/mol. The highest BCUT2D eigenvalue weighted by molar-refractivity contribution is 6.33. The van der Waals surface area contributed by atoms with E-state index in [4.69, 9.17) is 11.6 Å². The lowest BCUT2D eigenvalue weighted by atomic mass is 9.63. The second kappa shape index (κ2) is 8.26. The summed E-state index contributed by atoms with van der Waals surface area (Å²) < 4.78 is 0. The Labute approximate surface area is 162 Å². The number of aromatic nitrogens is 1. The lowest BCUT2D eigenvalue weighted by molar-refractivity contribution is -0.120. The van der Waals surface area contributed by atoms with Gasteiger partial charge in [0, 0.05) is 23.4 Å². The van der Waals surface area contributed by atoms with E-state index in [0.29, 0.717) is 10.3 Å². The average molecular weight is 369 g/mol. The average Bonchev–Trinajstić information content (AvgIpc) is 2.61. The fraction of sp³-hybridized carbons (Fsp3) is 0.429. The van der Waals surface area contributed by atoms with Crippen molar-refractivity contribution in [2.24, 2.45) is 5.92 Å². The van der Waals surface area contributed by atoms with Gasteiger partial charge in [-0.15, -0.1) is 0 Å². The number of pyridine rings is 1. The van der Waals surface area contributed by atoms with Crippen molar-refractivity contribution >= 4 is 31.0 Å². The zero-order chi connectivity index (χ0) is 18.6. The summed E-state index contributed by atoms with van der Waals surface area (Å²) >= 11 is 6.33. The maximum atomic E-state index is 12.8. The van der Waals surface area contributed by atoms with Crippen molar-refractivity contribution in [2.75, 3.05) is 5.32 Å². The number of nitrogens with one attached hydrogen (secondary N) is 1. The van der Waals surface area contributed by atoms with Gasteiger partial charge in [-0.25, -0.2) is 0 Å². The van der Waals surface area contributed by atoms with Gasteiger partial charge in [0.1, 0.15) is 7.85 Å². The molecular formula is C21H26BClN2O. The molecule has 0 atom stereocenters. The molecule has 26 heavy (non-hydrogen) atoms. The van der Waals surface area contributed by atoms with E-state index < -0.39 is 0 Å². The molecule has 1 aromatic heterocycles. The lowest BCUT2D eigenvalue weighted by Crippen LogP contribution is -2.25. The van der Waals surface area contributed by atoms with E-state index in [2.05, 4.69) is 25.1 Å². The normalized spacial score (nSPS) is 23.7. The van der Waals surface area contributed by atoms with Gasteiger partial charge in [0.2, 0.25) is 5.91 Å². The monoisotopic (exact) mass is 368 g/mol. The van der Waals surface area contributed by atoms with E-state index in [9.17, 15) is 4.79 Å². The summed E-state index contributed by atoms with van der Waals surface area (Å²) in [5, 5.41) is 4.14. The van der Waals surface area contributed by atoms with Crippen LogP contribution >= 0.6 is 11.6 Å². The van der Waals surface area contributed by atoms with Crippen molar-refractivity contribution in [1.29, 1.82) is 0 Å². The van der Waals surface area contributed by atoms with Crippen LogP contribution in [-0.4, -0.2) is 18.7 Å². The molecule has 0 unspecified atom stereocenters. The largest absolute Gasteiger partial charge is 0.326 e. The number of halogens is 1. The van der Waals surface area contributed by atoms with Crippen molar-refractivity contribution in [3.8, 4) is 11.3 Å². The molecule has 0 aliphatic heterocycles. The highest BCUT2D eigenvalue weighted by Gasteiger charge is 2.25. The van der Waals surface area contributed by atoms with Crippen LogP contribution in [0.5, 0.6) is 0 Å². The fourth-order valence-electron chi connectivity index (χ4n) is 3.75. The number of rotatable bonds is 3. The molecule has 0 bridgehead atoms. The molecule has 5 heteroatoms. The predicted octanol–water partition coefficient (Wildman–Crippen LogP) is 5.12. The minimum absolute atomic E-state index is 0.0973. The van der Waals surface area contributed by atoms with Gasteiger partial charge in [0.15, 0.2) is 0 Å². The van der Waals surface area contributed by atoms with Crippen molar-refractivity contribution in [2.45, 2.75) is 50.8 Å². The molecule has 1 aliphatic carbocycles. The summed E-state index contributed by atoms with van der Waals surface area (Å²) in [6, 6.07) is 11.3. The van der Waals surface area contributed by atoms with Crippen LogP contribution in [0.3, 0.4) is 0 Å². The van der Waals surface area contributed by atoms with Crippen LogP contribution in [0.25, 0.3) is 11.3 Å². The third kappa shape index (κ3) is 4.88. The Morgan fingerprint density at radius 2 is 1.96 bits per heavy atom. The van der Waals surface area contributed by atoms with Crippen LogP contribution in [0, 0.1) is 5.92 Å². The minimum atomic E-state index is 0.0973. The van der Waals surface area contributed by atoms with Crippen molar-refractivity contribution in [3.05, 3.63) is 47.6 Å².